The molecule has 0 saturated carbocycles. The molecule has 122 valence electrons. The van der Waals surface area contributed by atoms with Crippen LogP contribution < -0.4 is 0 Å². The predicted molar refractivity (Wildman–Crippen MR) is 93.3 cm³/mol. The van der Waals surface area contributed by atoms with Crippen molar-refractivity contribution in [3.8, 4) is 0 Å². The van der Waals surface area contributed by atoms with E-state index in [9.17, 15) is 0 Å². The van der Waals surface area contributed by atoms with E-state index in [0.29, 0.717) is 6.04 Å². The SMILES string of the molecule is C=CN(CC)/C(=C(/C)CC)C(C)N1CCC(N(C)C)CC1. The summed E-state index contributed by atoms with van der Waals surface area (Å²) in [7, 11) is 4.40. The van der Waals surface area contributed by atoms with E-state index in [0.717, 1.165) is 19.0 Å². The summed E-state index contributed by atoms with van der Waals surface area (Å²) >= 11 is 0. The Morgan fingerprint density at radius 2 is 1.86 bits per heavy atom. The van der Waals surface area contributed by atoms with Crippen LogP contribution >= 0.6 is 0 Å². The van der Waals surface area contributed by atoms with Gasteiger partial charge in [0.05, 0.1) is 0 Å². The van der Waals surface area contributed by atoms with Gasteiger partial charge in [-0.1, -0.05) is 19.1 Å². The highest BCUT2D eigenvalue weighted by Gasteiger charge is 2.27. The molecule has 0 aliphatic carbocycles. The number of likely N-dealkylation sites (tertiary alicyclic amines) is 1. The molecule has 1 aliphatic heterocycles. The standard InChI is InChI=1S/C18H35N3/c1-8-15(4)18(20(9-2)10-3)16(5)21-13-11-17(12-14-21)19(6)7/h9,16-17H,2,8,10-14H2,1,3-7H3/b18-15-. The van der Waals surface area contributed by atoms with Gasteiger partial charge in [-0.2, -0.15) is 0 Å². The Morgan fingerprint density at radius 3 is 2.24 bits per heavy atom. The maximum atomic E-state index is 4.00. The third-order valence-corrected chi connectivity index (χ3v) is 5.01. The van der Waals surface area contributed by atoms with Crippen LogP contribution in [0.2, 0.25) is 0 Å². The lowest BCUT2D eigenvalue weighted by Gasteiger charge is -2.41. The Morgan fingerprint density at radius 1 is 1.29 bits per heavy atom. The van der Waals surface area contributed by atoms with Gasteiger partial charge >= 0.3 is 0 Å². The molecular formula is C18H35N3. The van der Waals surface area contributed by atoms with Gasteiger partial charge in [0.2, 0.25) is 0 Å². The smallest absolute Gasteiger partial charge is 0.0471 e. The predicted octanol–water partition coefficient (Wildman–Crippen LogP) is 3.55. The van der Waals surface area contributed by atoms with Crippen molar-refractivity contribution in [3.63, 3.8) is 0 Å². The van der Waals surface area contributed by atoms with Gasteiger partial charge in [-0.05, 0) is 60.3 Å². The average Bonchev–Trinajstić information content (AvgIpc) is 2.51. The zero-order chi connectivity index (χ0) is 16.0. The van der Waals surface area contributed by atoms with Crippen LogP contribution in [0.3, 0.4) is 0 Å². The maximum Gasteiger partial charge on any atom is 0.0471 e. The summed E-state index contributed by atoms with van der Waals surface area (Å²) in [5, 5.41) is 0. The number of piperidine rings is 1. The minimum atomic E-state index is 0.478. The lowest BCUT2D eigenvalue weighted by molar-refractivity contribution is 0.117. The Hall–Kier alpha value is -0.800. The van der Waals surface area contributed by atoms with Crippen LogP contribution in [0.15, 0.2) is 24.0 Å². The number of likely N-dealkylation sites (N-methyl/N-ethyl adjacent to an activating group) is 1. The van der Waals surface area contributed by atoms with Crippen LogP contribution in [0, 0.1) is 0 Å². The van der Waals surface area contributed by atoms with Crippen molar-refractivity contribution >= 4 is 0 Å². The minimum Gasteiger partial charge on any atom is -0.351 e. The molecule has 1 fully saturated rings. The first-order valence-corrected chi connectivity index (χ1v) is 8.45. The molecule has 0 radical (unpaired) electrons. The van der Waals surface area contributed by atoms with Crippen LogP contribution in [0.4, 0.5) is 0 Å². The molecule has 0 aromatic carbocycles. The van der Waals surface area contributed by atoms with Crippen LogP contribution in [0.5, 0.6) is 0 Å². The molecule has 0 spiro atoms. The van der Waals surface area contributed by atoms with E-state index in [1.54, 1.807) is 0 Å². The summed E-state index contributed by atoms with van der Waals surface area (Å²) in [5.41, 5.74) is 2.94. The van der Waals surface area contributed by atoms with Crippen LogP contribution in [-0.4, -0.2) is 60.5 Å². The van der Waals surface area contributed by atoms with Gasteiger partial charge < -0.3 is 9.80 Å². The van der Waals surface area contributed by atoms with Crippen LogP contribution in [0.1, 0.15) is 47.0 Å². The van der Waals surface area contributed by atoms with Crippen molar-refractivity contribution in [3.05, 3.63) is 24.0 Å². The van der Waals surface area contributed by atoms with Crippen molar-refractivity contribution in [2.75, 3.05) is 33.7 Å². The molecule has 1 unspecified atom stereocenters. The first-order chi connectivity index (χ1) is 9.96. The van der Waals surface area contributed by atoms with Gasteiger partial charge in [-0.15, -0.1) is 0 Å². The fraction of sp³-hybridized carbons (Fsp3) is 0.778. The normalized spacial score (nSPS) is 20.3. The second-order valence-corrected chi connectivity index (χ2v) is 6.39. The summed E-state index contributed by atoms with van der Waals surface area (Å²) in [5.74, 6) is 0. The topological polar surface area (TPSA) is 9.72 Å². The fourth-order valence-electron chi connectivity index (χ4n) is 3.38. The minimum absolute atomic E-state index is 0.478. The van der Waals surface area contributed by atoms with E-state index in [2.05, 4.69) is 63.1 Å². The van der Waals surface area contributed by atoms with Gasteiger partial charge in [0.15, 0.2) is 0 Å². The summed E-state index contributed by atoms with van der Waals surface area (Å²) in [6, 6.07) is 1.22. The van der Waals surface area contributed by atoms with E-state index in [4.69, 9.17) is 0 Å². The van der Waals surface area contributed by atoms with Crippen molar-refractivity contribution < 1.29 is 0 Å². The Kier molecular flexibility index (Phi) is 7.47. The Labute approximate surface area is 132 Å². The van der Waals surface area contributed by atoms with E-state index < -0.39 is 0 Å². The second kappa shape index (κ2) is 8.60. The molecule has 1 heterocycles. The van der Waals surface area contributed by atoms with Crippen LogP contribution in [-0.2, 0) is 0 Å². The highest BCUT2D eigenvalue weighted by molar-refractivity contribution is 5.19. The summed E-state index contributed by atoms with van der Waals surface area (Å²) < 4.78 is 0. The molecule has 3 heteroatoms. The second-order valence-electron chi connectivity index (χ2n) is 6.39. The van der Waals surface area contributed by atoms with Crippen molar-refractivity contribution in [1.29, 1.82) is 0 Å². The lowest BCUT2D eigenvalue weighted by atomic mass is 9.99. The molecule has 1 rings (SSSR count). The van der Waals surface area contributed by atoms with Gasteiger partial charge in [0.1, 0.15) is 0 Å². The van der Waals surface area contributed by atoms with Crippen LogP contribution in [0.25, 0.3) is 0 Å². The van der Waals surface area contributed by atoms with E-state index >= 15 is 0 Å². The number of allylic oxidation sites excluding steroid dienone is 1. The average molecular weight is 293 g/mol. The van der Waals surface area contributed by atoms with Crippen molar-refractivity contribution in [1.82, 2.24) is 14.7 Å². The van der Waals surface area contributed by atoms with Gasteiger partial charge in [0, 0.05) is 37.4 Å². The lowest BCUT2D eigenvalue weighted by Crippen LogP contribution is -2.47. The number of rotatable bonds is 7. The van der Waals surface area contributed by atoms with Gasteiger partial charge in [-0.3, -0.25) is 4.90 Å². The first kappa shape index (κ1) is 18.2. The van der Waals surface area contributed by atoms with E-state index in [1.165, 1.54) is 37.2 Å². The molecular weight excluding hydrogens is 258 g/mol. The first-order valence-electron chi connectivity index (χ1n) is 8.45. The number of nitrogens with zero attached hydrogens (tertiary/aromatic N) is 3. The quantitative estimate of drug-likeness (QED) is 0.711. The molecule has 1 saturated heterocycles. The van der Waals surface area contributed by atoms with E-state index in [1.807, 2.05) is 6.20 Å². The molecule has 21 heavy (non-hydrogen) atoms. The van der Waals surface area contributed by atoms with E-state index in [-0.39, 0.29) is 0 Å². The van der Waals surface area contributed by atoms with Gasteiger partial charge in [-0.25, -0.2) is 0 Å². The molecule has 3 nitrogen and oxygen atoms in total. The Bertz CT molecular complexity index is 351. The monoisotopic (exact) mass is 293 g/mol. The molecule has 0 aromatic heterocycles. The number of hydrogen-bond acceptors (Lipinski definition) is 3. The highest BCUT2D eigenvalue weighted by atomic mass is 15.2. The molecule has 1 aliphatic rings. The summed E-state index contributed by atoms with van der Waals surface area (Å²) in [6.45, 7) is 16.5. The largest absolute Gasteiger partial charge is 0.351 e. The molecule has 0 amide bonds. The molecule has 0 N–H and O–H groups in total. The van der Waals surface area contributed by atoms with Gasteiger partial charge in [0.25, 0.3) is 0 Å². The highest BCUT2D eigenvalue weighted by Crippen LogP contribution is 2.25. The summed E-state index contributed by atoms with van der Waals surface area (Å²) in [4.78, 5) is 7.33. The van der Waals surface area contributed by atoms with Crippen molar-refractivity contribution in [2.24, 2.45) is 0 Å². The van der Waals surface area contributed by atoms with Crippen molar-refractivity contribution in [2.45, 2.75) is 59.0 Å². The summed E-state index contributed by atoms with van der Waals surface area (Å²) in [6.07, 6.45) is 5.64. The molecule has 1 atom stereocenters. The maximum absolute atomic E-state index is 4.00. The molecule has 0 bridgehead atoms. The third kappa shape index (κ3) is 4.58. The fourth-order valence-corrected chi connectivity index (χ4v) is 3.38. The Balaban J connectivity index is 2.83. The zero-order valence-electron chi connectivity index (χ0n) is 15.0. The zero-order valence-corrected chi connectivity index (χ0v) is 15.0. The molecule has 0 aromatic rings. The third-order valence-electron chi connectivity index (χ3n) is 5.01. The number of hydrogen-bond donors (Lipinski definition) is 0.